The van der Waals surface area contributed by atoms with E-state index in [0.717, 1.165) is 30.1 Å². The number of hydrogen-bond acceptors (Lipinski definition) is 4. The molecule has 0 saturated carbocycles. The van der Waals surface area contributed by atoms with Gasteiger partial charge in [-0.15, -0.1) is 11.3 Å². The normalized spacial score (nSPS) is 18.3. The third kappa shape index (κ3) is 3.86. The largest absolute Gasteiger partial charge is 0.392 e. The van der Waals surface area contributed by atoms with Crippen LogP contribution in [0.25, 0.3) is 6.08 Å². The fraction of sp³-hybridized carbons (Fsp3) is 0.316. The second-order valence-electron chi connectivity index (χ2n) is 6.01. The summed E-state index contributed by atoms with van der Waals surface area (Å²) in [5, 5.41) is 11.0. The van der Waals surface area contributed by atoms with E-state index in [1.807, 2.05) is 40.6 Å². The molecular weight excluding hydrogens is 320 g/mol. The lowest BCUT2D eigenvalue weighted by Gasteiger charge is -2.40. The summed E-state index contributed by atoms with van der Waals surface area (Å²) >= 11 is 1.54. The molecule has 1 aliphatic rings. The highest BCUT2D eigenvalue weighted by molar-refractivity contribution is 7.11. The van der Waals surface area contributed by atoms with Crippen LogP contribution in [0.1, 0.15) is 17.4 Å². The van der Waals surface area contributed by atoms with Crippen LogP contribution in [0.4, 0.5) is 5.69 Å². The van der Waals surface area contributed by atoms with Crippen LogP contribution in [0, 0.1) is 0 Å². The van der Waals surface area contributed by atoms with Crippen LogP contribution in [-0.4, -0.2) is 41.6 Å². The lowest BCUT2D eigenvalue weighted by molar-refractivity contribution is -0.128. The summed E-state index contributed by atoms with van der Waals surface area (Å²) in [6, 6.07) is 12.4. The van der Waals surface area contributed by atoms with E-state index in [1.54, 1.807) is 6.08 Å². The molecule has 1 atom stereocenters. The second-order valence-corrected chi connectivity index (χ2v) is 6.95. The number of hydrogen-bond donors (Lipinski definition) is 1. The zero-order valence-electron chi connectivity index (χ0n) is 13.8. The van der Waals surface area contributed by atoms with Gasteiger partial charge in [-0.1, -0.05) is 18.2 Å². The molecule has 1 unspecified atom stereocenters. The molecule has 1 amide bonds. The maximum absolute atomic E-state index is 12.5. The van der Waals surface area contributed by atoms with Crippen molar-refractivity contribution in [3.05, 3.63) is 58.3 Å². The Labute approximate surface area is 146 Å². The predicted octanol–water partition coefficient (Wildman–Crippen LogP) is 2.99. The van der Waals surface area contributed by atoms with Gasteiger partial charge in [0, 0.05) is 42.3 Å². The highest BCUT2D eigenvalue weighted by Gasteiger charge is 2.26. The Bertz CT molecular complexity index is 711. The Morgan fingerprint density at radius 1 is 1.33 bits per heavy atom. The van der Waals surface area contributed by atoms with Gasteiger partial charge < -0.3 is 14.9 Å². The van der Waals surface area contributed by atoms with Crippen molar-refractivity contribution in [3.63, 3.8) is 0 Å². The molecule has 126 valence electrons. The third-order valence-electron chi connectivity index (χ3n) is 4.28. The van der Waals surface area contributed by atoms with Crippen LogP contribution in [0.5, 0.6) is 0 Å². The number of piperazine rings is 1. The number of anilines is 1. The summed E-state index contributed by atoms with van der Waals surface area (Å²) in [6.07, 6.45) is 3.48. The van der Waals surface area contributed by atoms with Crippen LogP contribution in [0.15, 0.2) is 47.9 Å². The number of para-hydroxylation sites is 1. The first-order valence-electron chi connectivity index (χ1n) is 8.14. The molecule has 24 heavy (non-hydrogen) atoms. The summed E-state index contributed by atoms with van der Waals surface area (Å²) in [7, 11) is 0. The molecule has 0 radical (unpaired) electrons. The van der Waals surface area contributed by atoms with Gasteiger partial charge in [-0.2, -0.15) is 0 Å². The number of amides is 1. The topological polar surface area (TPSA) is 43.8 Å². The van der Waals surface area contributed by atoms with E-state index in [0.29, 0.717) is 0 Å². The highest BCUT2D eigenvalue weighted by Crippen LogP contribution is 2.20. The number of aliphatic hydroxyl groups is 1. The van der Waals surface area contributed by atoms with Crippen LogP contribution in [-0.2, 0) is 11.4 Å². The van der Waals surface area contributed by atoms with Crippen molar-refractivity contribution in [1.29, 1.82) is 0 Å². The molecule has 1 saturated heterocycles. The number of benzene rings is 1. The maximum atomic E-state index is 12.5. The van der Waals surface area contributed by atoms with E-state index in [4.69, 9.17) is 5.11 Å². The van der Waals surface area contributed by atoms with Crippen LogP contribution in [0.2, 0.25) is 0 Å². The van der Waals surface area contributed by atoms with Crippen molar-refractivity contribution in [1.82, 2.24) is 4.90 Å². The van der Waals surface area contributed by atoms with Gasteiger partial charge in [0.15, 0.2) is 0 Å². The van der Waals surface area contributed by atoms with Gasteiger partial charge in [0.1, 0.15) is 0 Å². The Morgan fingerprint density at radius 3 is 2.79 bits per heavy atom. The molecule has 3 rings (SSSR count). The zero-order chi connectivity index (χ0) is 16.9. The van der Waals surface area contributed by atoms with Crippen molar-refractivity contribution >= 4 is 29.0 Å². The lowest BCUT2D eigenvalue weighted by Crippen LogP contribution is -2.53. The number of nitrogens with zero attached hydrogens (tertiary/aromatic N) is 2. The SMILES string of the molecule is CC1CN(c2ccccc2)CCN1C(=O)/C=C/c1cc(CO)cs1. The fourth-order valence-electron chi connectivity index (χ4n) is 2.97. The first-order chi connectivity index (χ1) is 11.7. The van der Waals surface area contributed by atoms with Gasteiger partial charge in [-0.05, 0) is 42.1 Å². The van der Waals surface area contributed by atoms with Gasteiger partial charge in [0.05, 0.1) is 6.61 Å². The van der Waals surface area contributed by atoms with Crippen molar-refractivity contribution in [2.45, 2.75) is 19.6 Å². The fourth-order valence-corrected chi connectivity index (χ4v) is 3.77. The van der Waals surface area contributed by atoms with Crippen molar-refractivity contribution in [2.24, 2.45) is 0 Å². The molecule has 0 bridgehead atoms. The molecule has 0 spiro atoms. The first-order valence-corrected chi connectivity index (χ1v) is 9.02. The zero-order valence-corrected chi connectivity index (χ0v) is 14.6. The number of thiophene rings is 1. The average Bonchev–Trinajstić information content (AvgIpc) is 3.08. The predicted molar refractivity (Wildman–Crippen MR) is 99.1 cm³/mol. The van der Waals surface area contributed by atoms with Gasteiger partial charge in [-0.3, -0.25) is 4.79 Å². The van der Waals surface area contributed by atoms with E-state index in [-0.39, 0.29) is 18.6 Å². The highest BCUT2D eigenvalue weighted by atomic mass is 32.1. The molecular formula is C19H22N2O2S. The quantitative estimate of drug-likeness (QED) is 0.869. The molecule has 1 fully saturated rings. The molecule has 2 aromatic rings. The number of carbonyl (C=O) groups excluding carboxylic acids is 1. The van der Waals surface area contributed by atoms with E-state index < -0.39 is 0 Å². The third-order valence-corrected chi connectivity index (χ3v) is 5.23. The second kappa shape index (κ2) is 7.64. The van der Waals surface area contributed by atoms with Gasteiger partial charge >= 0.3 is 0 Å². The summed E-state index contributed by atoms with van der Waals surface area (Å²) < 4.78 is 0. The van der Waals surface area contributed by atoms with Crippen molar-refractivity contribution < 1.29 is 9.90 Å². The van der Waals surface area contributed by atoms with E-state index in [2.05, 4.69) is 24.0 Å². The van der Waals surface area contributed by atoms with E-state index in [1.165, 1.54) is 17.0 Å². The molecule has 1 aromatic carbocycles. The molecule has 4 nitrogen and oxygen atoms in total. The Balaban J connectivity index is 1.60. The lowest BCUT2D eigenvalue weighted by atomic mass is 10.1. The first kappa shape index (κ1) is 16.7. The van der Waals surface area contributed by atoms with Crippen LogP contribution < -0.4 is 4.90 Å². The van der Waals surface area contributed by atoms with Gasteiger partial charge in [0.2, 0.25) is 5.91 Å². The van der Waals surface area contributed by atoms with Crippen LogP contribution >= 0.6 is 11.3 Å². The Hall–Kier alpha value is -2.11. The minimum atomic E-state index is 0.0385. The average molecular weight is 342 g/mol. The minimum absolute atomic E-state index is 0.0385. The minimum Gasteiger partial charge on any atom is -0.392 e. The molecule has 0 aliphatic carbocycles. The summed E-state index contributed by atoms with van der Waals surface area (Å²) in [6.45, 7) is 4.55. The van der Waals surface area contributed by atoms with E-state index >= 15 is 0 Å². The van der Waals surface area contributed by atoms with Crippen molar-refractivity contribution in [2.75, 3.05) is 24.5 Å². The van der Waals surface area contributed by atoms with E-state index in [9.17, 15) is 4.79 Å². The van der Waals surface area contributed by atoms with Gasteiger partial charge in [-0.25, -0.2) is 0 Å². The number of aliphatic hydroxyl groups excluding tert-OH is 1. The standard InChI is InChI=1S/C19H22N2O2S/c1-15-12-20(17-5-3-2-4-6-17)9-10-21(15)19(23)8-7-18-11-16(13-22)14-24-18/h2-8,11,14-15,22H,9-10,12-13H2,1H3/b8-7+. The number of carbonyl (C=O) groups is 1. The summed E-state index contributed by atoms with van der Waals surface area (Å²) in [5.74, 6) is 0.0501. The van der Waals surface area contributed by atoms with Gasteiger partial charge in [0.25, 0.3) is 0 Å². The van der Waals surface area contributed by atoms with Crippen LogP contribution in [0.3, 0.4) is 0 Å². The van der Waals surface area contributed by atoms with Crippen molar-refractivity contribution in [3.8, 4) is 0 Å². The smallest absolute Gasteiger partial charge is 0.246 e. The molecule has 1 N–H and O–H groups in total. The number of rotatable bonds is 4. The summed E-state index contributed by atoms with van der Waals surface area (Å²) in [5.41, 5.74) is 2.10. The maximum Gasteiger partial charge on any atom is 0.246 e. The Kier molecular flexibility index (Phi) is 5.33. The Morgan fingerprint density at radius 2 is 2.12 bits per heavy atom. The molecule has 1 aromatic heterocycles. The molecule has 1 aliphatic heterocycles. The summed E-state index contributed by atoms with van der Waals surface area (Å²) in [4.78, 5) is 17.7. The molecule has 2 heterocycles. The molecule has 5 heteroatoms. The monoisotopic (exact) mass is 342 g/mol.